The Hall–Kier alpha value is -0.0800. The second-order valence-electron chi connectivity index (χ2n) is 3.93. The van der Waals surface area contributed by atoms with E-state index in [0.29, 0.717) is 0 Å². The summed E-state index contributed by atoms with van der Waals surface area (Å²) in [5, 5.41) is 3.55. The van der Waals surface area contributed by atoms with E-state index >= 15 is 0 Å². The molecule has 1 aliphatic carbocycles. The summed E-state index contributed by atoms with van der Waals surface area (Å²) < 4.78 is 4.98. The zero-order valence-electron chi connectivity index (χ0n) is 8.31. The molecule has 2 heteroatoms. The SMILES string of the molecule is COCCCCNC1CC(C)C1. The predicted octanol–water partition coefficient (Wildman–Crippen LogP) is 1.80. The lowest BCUT2D eigenvalue weighted by Gasteiger charge is -2.33. The molecule has 0 spiro atoms. The van der Waals surface area contributed by atoms with Gasteiger partial charge in [0.2, 0.25) is 0 Å². The Morgan fingerprint density at radius 1 is 1.33 bits per heavy atom. The number of unbranched alkanes of at least 4 members (excludes halogenated alkanes) is 1. The predicted molar refractivity (Wildman–Crippen MR) is 51.3 cm³/mol. The van der Waals surface area contributed by atoms with Gasteiger partial charge in [0.15, 0.2) is 0 Å². The molecule has 0 saturated heterocycles. The first-order chi connectivity index (χ1) is 5.83. The molecule has 1 saturated carbocycles. The van der Waals surface area contributed by atoms with Gasteiger partial charge in [-0.05, 0) is 38.1 Å². The van der Waals surface area contributed by atoms with Gasteiger partial charge in [0, 0.05) is 19.8 Å². The number of rotatable bonds is 6. The van der Waals surface area contributed by atoms with Crippen LogP contribution < -0.4 is 5.32 Å². The van der Waals surface area contributed by atoms with Gasteiger partial charge >= 0.3 is 0 Å². The molecule has 1 N–H and O–H groups in total. The summed E-state index contributed by atoms with van der Waals surface area (Å²) in [5.41, 5.74) is 0. The number of hydrogen-bond acceptors (Lipinski definition) is 2. The Morgan fingerprint density at radius 3 is 2.67 bits per heavy atom. The average Bonchev–Trinajstić information content (AvgIpc) is 2.00. The van der Waals surface area contributed by atoms with E-state index < -0.39 is 0 Å². The van der Waals surface area contributed by atoms with Crippen LogP contribution >= 0.6 is 0 Å². The fraction of sp³-hybridized carbons (Fsp3) is 1.00. The second kappa shape index (κ2) is 5.55. The summed E-state index contributed by atoms with van der Waals surface area (Å²) in [7, 11) is 1.76. The van der Waals surface area contributed by atoms with Gasteiger partial charge in [-0.15, -0.1) is 0 Å². The van der Waals surface area contributed by atoms with Gasteiger partial charge < -0.3 is 10.1 Å². The average molecular weight is 171 g/mol. The van der Waals surface area contributed by atoms with E-state index in [1.165, 1.54) is 32.2 Å². The Bertz CT molecular complexity index is 110. The summed E-state index contributed by atoms with van der Waals surface area (Å²) in [4.78, 5) is 0. The smallest absolute Gasteiger partial charge is 0.0462 e. The molecule has 72 valence electrons. The molecule has 0 aromatic rings. The highest BCUT2D eigenvalue weighted by atomic mass is 16.5. The van der Waals surface area contributed by atoms with Gasteiger partial charge in [0.05, 0.1) is 0 Å². The molecular weight excluding hydrogens is 150 g/mol. The summed E-state index contributed by atoms with van der Waals surface area (Å²) in [6, 6.07) is 0.822. The van der Waals surface area contributed by atoms with Crippen LogP contribution in [0.5, 0.6) is 0 Å². The van der Waals surface area contributed by atoms with Crippen molar-refractivity contribution in [3.63, 3.8) is 0 Å². The molecule has 0 aromatic carbocycles. The lowest BCUT2D eigenvalue weighted by atomic mass is 9.82. The van der Waals surface area contributed by atoms with Gasteiger partial charge in [0.25, 0.3) is 0 Å². The van der Waals surface area contributed by atoms with E-state index in [-0.39, 0.29) is 0 Å². The normalized spacial score (nSPS) is 28.5. The standard InChI is InChI=1S/C10H21NO/c1-9-7-10(8-9)11-5-3-4-6-12-2/h9-11H,3-8H2,1-2H3. The van der Waals surface area contributed by atoms with E-state index in [1.807, 2.05) is 0 Å². The lowest BCUT2D eigenvalue weighted by molar-refractivity contribution is 0.189. The Kier molecular flexibility index (Phi) is 4.62. The van der Waals surface area contributed by atoms with Gasteiger partial charge in [-0.1, -0.05) is 6.92 Å². The van der Waals surface area contributed by atoms with Gasteiger partial charge in [0.1, 0.15) is 0 Å². The molecule has 0 atom stereocenters. The van der Waals surface area contributed by atoms with E-state index in [1.54, 1.807) is 7.11 Å². The minimum absolute atomic E-state index is 0.822. The van der Waals surface area contributed by atoms with Crippen LogP contribution in [0.2, 0.25) is 0 Å². The highest BCUT2D eigenvalue weighted by Crippen LogP contribution is 2.25. The molecule has 0 bridgehead atoms. The van der Waals surface area contributed by atoms with E-state index in [9.17, 15) is 0 Å². The molecular formula is C10H21NO. The van der Waals surface area contributed by atoms with Crippen molar-refractivity contribution >= 4 is 0 Å². The molecule has 1 rings (SSSR count). The van der Waals surface area contributed by atoms with Gasteiger partial charge in [-0.2, -0.15) is 0 Å². The first kappa shape index (κ1) is 10.0. The fourth-order valence-corrected chi connectivity index (χ4v) is 1.75. The summed E-state index contributed by atoms with van der Waals surface area (Å²) in [5.74, 6) is 0.960. The van der Waals surface area contributed by atoms with Crippen molar-refractivity contribution in [1.82, 2.24) is 5.32 Å². The highest BCUT2D eigenvalue weighted by molar-refractivity contribution is 4.81. The van der Waals surface area contributed by atoms with Crippen molar-refractivity contribution in [1.29, 1.82) is 0 Å². The maximum atomic E-state index is 4.98. The van der Waals surface area contributed by atoms with E-state index in [0.717, 1.165) is 18.6 Å². The van der Waals surface area contributed by atoms with Crippen LogP contribution in [-0.2, 0) is 4.74 Å². The minimum Gasteiger partial charge on any atom is -0.385 e. The number of nitrogens with one attached hydrogen (secondary N) is 1. The highest BCUT2D eigenvalue weighted by Gasteiger charge is 2.23. The quantitative estimate of drug-likeness (QED) is 0.615. The molecule has 0 aliphatic heterocycles. The maximum Gasteiger partial charge on any atom is 0.0462 e. The van der Waals surface area contributed by atoms with Crippen molar-refractivity contribution < 1.29 is 4.74 Å². The van der Waals surface area contributed by atoms with Crippen LogP contribution in [-0.4, -0.2) is 26.3 Å². The molecule has 12 heavy (non-hydrogen) atoms. The first-order valence-corrected chi connectivity index (χ1v) is 5.05. The third-order valence-electron chi connectivity index (χ3n) is 2.58. The zero-order valence-corrected chi connectivity index (χ0v) is 8.31. The third kappa shape index (κ3) is 3.55. The molecule has 0 heterocycles. The van der Waals surface area contributed by atoms with Crippen LogP contribution in [0, 0.1) is 5.92 Å². The van der Waals surface area contributed by atoms with E-state index in [4.69, 9.17) is 4.74 Å². The maximum absolute atomic E-state index is 4.98. The van der Waals surface area contributed by atoms with Gasteiger partial charge in [-0.25, -0.2) is 0 Å². The lowest BCUT2D eigenvalue weighted by Crippen LogP contribution is -2.40. The number of ether oxygens (including phenoxy) is 1. The number of methoxy groups -OCH3 is 1. The topological polar surface area (TPSA) is 21.3 Å². The first-order valence-electron chi connectivity index (χ1n) is 5.05. The molecule has 0 aromatic heterocycles. The van der Waals surface area contributed by atoms with Crippen LogP contribution in [0.25, 0.3) is 0 Å². The summed E-state index contributed by atoms with van der Waals surface area (Å²) in [6.07, 6.45) is 5.19. The summed E-state index contributed by atoms with van der Waals surface area (Å²) in [6.45, 7) is 4.40. The molecule has 2 nitrogen and oxygen atoms in total. The van der Waals surface area contributed by atoms with Crippen LogP contribution in [0.15, 0.2) is 0 Å². The molecule has 1 fully saturated rings. The van der Waals surface area contributed by atoms with Crippen LogP contribution in [0.1, 0.15) is 32.6 Å². The second-order valence-corrected chi connectivity index (χ2v) is 3.93. The molecule has 1 aliphatic rings. The fourth-order valence-electron chi connectivity index (χ4n) is 1.75. The Balaban J connectivity index is 1.77. The molecule has 0 amide bonds. The Labute approximate surface area is 75.7 Å². The third-order valence-corrected chi connectivity index (χ3v) is 2.58. The van der Waals surface area contributed by atoms with Crippen LogP contribution in [0.4, 0.5) is 0 Å². The summed E-state index contributed by atoms with van der Waals surface area (Å²) >= 11 is 0. The number of hydrogen-bond donors (Lipinski definition) is 1. The van der Waals surface area contributed by atoms with Crippen molar-refractivity contribution in [2.24, 2.45) is 5.92 Å². The zero-order chi connectivity index (χ0) is 8.81. The van der Waals surface area contributed by atoms with Crippen molar-refractivity contribution in [2.75, 3.05) is 20.3 Å². The van der Waals surface area contributed by atoms with Crippen molar-refractivity contribution in [3.05, 3.63) is 0 Å². The van der Waals surface area contributed by atoms with E-state index in [2.05, 4.69) is 12.2 Å². The Morgan fingerprint density at radius 2 is 2.08 bits per heavy atom. The largest absolute Gasteiger partial charge is 0.385 e. The van der Waals surface area contributed by atoms with Gasteiger partial charge in [-0.3, -0.25) is 0 Å². The minimum atomic E-state index is 0.822. The molecule has 0 radical (unpaired) electrons. The van der Waals surface area contributed by atoms with Crippen molar-refractivity contribution in [3.8, 4) is 0 Å². The monoisotopic (exact) mass is 171 g/mol. The van der Waals surface area contributed by atoms with Crippen molar-refractivity contribution in [2.45, 2.75) is 38.6 Å². The molecule has 0 unspecified atom stereocenters. The van der Waals surface area contributed by atoms with Crippen LogP contribution in [0.3, 0.4) is 0 Å².